The molecule has 31 heavy (non-hydrogen) atoms. The predicted octanol–water partition coefficient (Wildman–Crippen LogP) is 4.36. The molecule has 3 heterocycles. The van der Waals surface area contributed by atoms with Crippen molar-refractivity contribution in [2.75, 3.05) is 18.0 Å². The molecule has 4 aromatic rings. The number of anilines is 1. The first kappa shape index (κ1) is 19.5. The second-order valence-electron chi connectivity index (χ2n) is 7.64. The largest absolute Gasteiger partial charge is 0.478 e. The van der Waals surface area contributed by atoms with E-state index in [1.807, 2.05) is 24.3 Å². The van der Waals surface area contributed by atoms with Gasteiger partial charge >= 0.3 is 5.97 Å². The predicted molar refractivity (Wildman–Crippen MR) is 119 cm³/mol. The zero-order chi connectivity index (χ0) is 21.4. The van der Waals surface area contributed by atoms with Crippen molar-refractivity contribution in [3.8, 4) is 5.95 Å². The minimum absolute atomic E-state index is 0.0858. The highest BCUT2D eigenvalue weighted by Gasteiger charge is 2.21. The van der Waals surface area contributed by atoms with Crippen LogP contribution < -0.4 is 4.90 Å². The average Bonchev–Trinajstić information content (AvgIpc) is 3.47. The standard InChI is InChI=1S/C23H20ClN5O2/c24-19-12-20-18(11-16(19)10-15-6-2-1-3-7-15)21(28-8-4-5-9-28)27-23(26-20)29-14-17(13-25-29)22(30)31/h1-3,6-7,11-14H,4-5,8-10H2,(H,30,31). The molecule has 0 radical (unpaired) electrons. The lowest BCUT2D eigenvalue weighted by Gasteiger charge is -2.20. The molecule has 2 aromatic heterocycles. The molecule has 1 aliphatic heterocycles. The average molecular weight is 434 g/mol. The van der Waals surface area contributed by atoms with E-state index in [1.165, 1.54) is 22.6 Å². The van der Waals surface area contributed by atoms with Crippen LogP contribution in [0.25, 0.3) is 16.9 Å². The van der Waals surface area contributed by atoms with Gasteiger partial charge in [-0.25, -0.2) is 14.5 Å². The van der Waals surface area contributed by atoms with E-state index in [-0.39, 0.29) is 5.56 Å². The number of aromatic nitrogens is 4. The number of carboxylic acids is 1. The molecule has 7 nitrogen and oxygen atoms in total. The number of fused-ring (bicyclic) bond motifs is 1. The summed E-state index contributed by atoms with van der Waals surface area (Å²) in [5.41, 5.74) is 3.00. The van der Waals surface area contributed by atoms with E-state index in [4.69, 9.17) is 16.6 Å². The number of nitrogens with zero attached hydrogens (tertiary/aromatic N) is 5. The van der Waals surface area contributed by atoms with Crippen molar-refractivity contribution < 1.29 is 9.90 Å². The van der Waals surface area contributed by atoms with Gasteiger partial charge in [0, 0.05) is 29.7 Å². The molecule has 0 spiro atoms. The van der Waals surface area contributed by atoms with Gasteiger partial charge in [-0.05, 0) is 42.5 Å². The van der Waals surface area contributed by atoms with Gasteiger partial charge in [0.05, 0.1) is 17.3 Å². The Hall–Kier alpha value is -3.45. The van der Waals surface area contributed by atoms with E-state index in [9.17, 15) is 9.90 Å². The molecular formula is C23H20ClN5O2. The van der Waals surface area contributed by atoms with Gasteiger partial charge < -0.3 is 10.0 Å². The number of hydrogen-bond donors (Lipinski definition) is 1. The van der Waals surface area contributed by atoms with Crippen LogP contribution in [0.4, 0.5) is 5.82 Å². The highest BCUT2D eigenvalue weighted by atomic mass is 35.5. The third-order valence-electron chi connectivity index (χ3n) is 5.51. The van der Waals surface area contributed by atoms with Crippen LogP contribution in [0.3, 0.4) is 0 Å². The number of halogens is 1. The molecule has 8 heteroatoms. The molecule has 1 aliphatic rings. The maximum Gasteiger partial charge on any atom is 0.338 e. The number of carbonyl (C=O) groups is 1. The Labute approximate surface area is 183 Å². The summed E-state index contributed by atoms with van der Waals surface area (Å²) in [7, 11) is 0. The molecule has 5 rings (SSSR count). The van der Waals surface area contributed by atoms with Gasteiger partial charge in [-0.3, -0.25) is 0 Å². The SMILES string of the molecule is O=C(O)c1cnn(-c2nc(N3CCCC3)c3cc(Cc4ccccc4)c(Cl)cc3n2)c1. The quantitative estimate of drug-likeness (QED) is 0.503. The van der Waals surface area contributed by atoms with Crippen LogP contribution in [0, 0.1) is 0 Å². The van der Waals surface area contributed by atoms with Crippen LogP contribution in [0.5, 0.6) is 0 Å². The second-order valence-corrected chi connectivity index (χ2v) is 8.05. The zero-order valence-electron chi connectivity index (χ0n) is 16.7. The Balaban J connectivity index is 1.64. The Morgan fingerprint density at radius 2 is 1.87 bits per heavy atom. The smallest absolute Gasteiger partial charge is 0.338 e. The fraction of sp³-hybridized carbons (Fsp3) is 0.217. The zero-order valence-corrected chi connectivity index (χ0v) is 17.5. The van der Waals surface area contributed by atoms with Crippen LogP contribution in [-0.2, 0) is 6.42 Å². The van der Waals surface area contributed by atoms with Crippen LogP contribution in [0.1, 0.15) is 34.3 Å². The summed E-state index contributed by atoms with van der Waals surface area (Å²) in [6.45, 7) is 1.84. The Kier molecular flexibility index (Phi) is 5.03. The van der Waals surface area contributed by atoms with Crippen LogP contribution in [-0.4, -0.2) is 43.9 Å². The van der Waals surface area contributed by atoms with E-state index in [1.54, 1.807) is 0 Å². The number of aromatic carboxylic acids is 1. The third-order valence-corrected chi connectivity index (χ3v) is 5.86. The number of rotatable bonds is 5. The lowest BCUT2D eigenvalue weighted by molar-refractivity contribution is 0.0697. The summed E-state index contributed by atoms with van der Waals surface area (Å²) >= 11 is 6.64. The van der Waals surface area contributed by atoms with Gasteiger partial charge in [0.1, 0.15) is 5.82 Å². The highest BCUT2D eigenvalue weighted by Crippen LogP contribution is 2.32. The van der Waals surface area contributed by atoms with Crippen molar-refractivity contribution >= 4 is 34.3 Å². The Morgan fingerprint density at radius 1 is 1.10 bits per heavy atom. The van der Waals surface area contributed by atoms with Gasteiger partial charge in [-0.2, -0.15) is 10.1 Å². The summed E-state index contributed by atoms with van der Waals surface area (Å²) in [6.07, 6.45) is 5.65. The van der Waals surface area contributed by atoms with Crippen molar-refractivity contribution in [1.82, 2.24) is 19.7 Å². The molecule has 0 atom stereocenters. The topological polar surface area (TPSA) is 84.1 Å². The van der Waals surface area contributed by atoms with Crippen molar-refractivity contribution in [3.63, 3.8) is 0 Å². The second kappa shape index (κ2) is 8.00. The third kappa shape index (κ3) is 3.84. The summed E-state index contributed by atoms with van der Waals surface area (Å²) in [6, 6.07) is 14.1. The van der Waals surface area contributed by atoms with Gasteiger partial charge in [-0.1, -0.05) is 41.9 Å². The van der Waals surface area contributed by atoms with E-state index in [0.29, 0.717) is 16.5 Å². The van der Waals surface area contributed by atoms with E-state index >= 15 is 0 Å². The summed E-state index contributed by atoms with van der Waals surface area (Å²) in [5, 5.41) is 14.9. The molecule has 0 amide bonds. The minimum atomic E-state index is -1.04. The van der Waals surface area contributed by atoms with E-state index in [2.05, 4.69) is 33.2 Å². The molecule has 0 aliphatic carbocycles. The molecule has 0 bridgehead atoms. The fourth-order valence-electron chi connectivity index (χ4n) is 3.93. The minimum Gasteiger partial charge on any atom is -0.478 e. The van der Waals surface area contributed by atoms with Crippen LogP contribution in [0.2, 0.25) is 5.02 Å². The first-order valence-corrected chi connectivity index (χ1v) is 10.5. The van der Waals surface area contributed by atoms with E-state index < -0.39 is 5.97 Å². The van der Waals surface area contributed by atoms with Gasteiger partial charge in [0.2, 0.25) is 0 Å². The van der Waals surface area contributed by atoms with E-state index in [0.717, 1.165) is 49.1 Å². The monoisotopic (exact) mass is 433 g/mol. The lowest BCUT2D eigenvalue weighted by Crippen LogP contribution is -2.20. The summed E-state index contributed by atoms with van der Waals surface area (Å²) < 4.78 is 1.40. The van der Waals surface area contributed by atoms with Crippen LogP contribution in [0.15, 0.2) is 54.9 Å². The summed E-state index contributed by atoms with van der Waals surface area (Å²) in [4.78, 5) is 22.9. The number of carboxylic acid groups (broad SMARTS) is 1. The Morgan fingerprint density at radius 3 is 2.58 bits per heavy atom. The maximum absolute atomic E-state index is 11.2. The molecule has 0 unspecified atom stereocenters. The first-order chi connectivity index (χ1) is 15.1. The molecule has 2 aromatic carbocycles. The summed E-state index contributed by atoms with van der Waals surface area (Å²) in [5.74, 6) is 0.116. The molecular weight excluding hydrogens is 414 g/mol. The molecule has 1 fully saturated rings. The molecule has 0 saturated carbocycles. The molecule has 1 saturated heterocycles. The van der Waals surface area contributed by atoms with Crippen molar-refractivity contribution in [2.24, 2.45) is 0 Å². The fourth-order valence-corrected chi connectivity index (χ4v) is 4.16. The van der Waals surface area contributed by atoms with Gasteiger partial charge in [0.15, 0.2) is 0 Å². The lowest BCUT2D eigenvalue weighted by atomic mass is 10.0. The van der Waals surface area contributed by atoms with Crippen molar-refractivity contribution in [3.05, 3.63) is 76.6 Å². The maximum atomic E-state index is 11.2. The van der Waals surface area contributed by atoms with Crippen molar-refractivity contribution in [2.45, 2.75) is 19.3 Å². The number of benzene rings is 2. The van der Waals surface area contributed by atoms with Gasteiger partial charge in [-0.15, -0.1) is 0 Å². The van der Waals surface area contributed by atoms with Crippen molar-refractivity contribution in [1.29, 1.82) is 0 Å². The molecule has 156 valence electrons. The highest BCUT2D eigenvalue weighted by molar-refractivity contribution is 6.32. The number of hydrogen-bond acceptors (Lipinski definition) is 5. The normalized spacial score (nSPS) is 13.8. The van der Waals surface area contributed by atoms with Gasteiger partial charge in [0.25, 0.3) is 5.95 Å². The first-order valence-electron chi connectivity index (χ1n) is 10.2. The Bertz CT molecular complexity index is 1270. The molecule has 1 N–H and O–H groups in total. The van der Waals surface area contributed by atoms with Crippen LogP contribution >= 0.6 is 11.6 Å².